The summed E-state index contributed by atoms with van der Waals surface area (Å²) in [6.07, 6.45) is 2.57. The van der Waals surface area contributed by atoms with Crippen molar-refractivity contribution in [3.05, 3.63) is 48.3 Å². The molecular weight excluding hydrogens is 167 g/mol. The van der Waals surface area contributed by atoms with Crippen LogP contribution in [0.2, 0.25) is 0 Å². The van der Waals surface area contributed by atoms with Crippen LogP contribution in [0.5, 0.6) is 0 Å². The van der Waals surface area contributed by atoms with Crippen molar-refractivity contribution in [3.8, 4) is 0 Å². The number of rotatable bonds is 4. The second-order valence-corrected chi connectivity index (χ2v) is 2.73. The number of Topliss-reactive ketones (excluding diaryl/α,β-unsaturated/α-hetero) is 1. The summed E-state index contributed by atoms with van der Waals surface area (Å²) in [7, 11) is 0. The van der Waals surface area contributed by atoms with Crippen LogP contribution in [0.25, 0.3) is 0 Å². The van der Waals surface area contributed by atoms with E-state index in [1.807, 2.05) is 0 Å². The lowest BCUT2D eigenvalue weighted by Crippen LogP contribution is -2.01. The minimum Gasteiger partial charge on any atom is -0.294 e. The van der Waals surface area contributed by atoms with E-state index in [0.29, 0.717) is 12.8 Å². The highest BCUT2D eigenvalue weighted by Crippen LogP contribution is 2.10. The molecule has 0 bridgehead atoms. The summed E-state index contributed by atoms with van der Waals surface area (Å²) in [4.78, 5) is 11.3. The van der Waals surface area contributed by atoms with Crippen molar-refractivity contribution in [1.82, 2.24) is 0 Å². The van der Waals surface area contributed by atoms with Crippen LogP contribution >= 0.6 is 0 Å². The molecule has 0 aromatic heterocycles. The molecule has 0 spiro atoms. The van der Waals surface area contributed by atoms with Crippen LogP contribution in [0.1, 0.15) is 23.2 Å². The van der Waals surface area contributed by atoms with E-state index in [1.54, 1.807) is 18.2 Å². The number of benzene rings is 1. The molecule has 0 atom stereocenters. The molecule has 1 aromatic carbocycles. The number of hydrogen-bond acceptors (Lipinski definition) is 1. The second kappa shape index (κ2) is 4.55. The number of allylic oxidation sites excluding steroid dienone is 1. The van der Waals surface area contributed by atoms with Crippen molar-refractivity contribution in [2.75, 3.05) is 0 Å². The second-order valence-electron chi connectivity index (χ2n) is 2.73. The molecule has 0 saturated heterocycles. The monoisotopic (exact) mass is 178 g/mol. The van der Waals surface area contributed by atoms with Crippen molar-refractivity contribution >= 4 is 5.78 Å². The summed E-state index contributed by atoms with van der Waals surface area (Å²) in [5, 5.41) is 0. The summed E-state index contributed by atoms with van der Waals surface area (Å²) in [6.45, 7) is 3.50. The molecule has 0 aliphatic carbocycles. The van der Waals surface area contributed by atoms with Crippen LogP contribution in [0, 0.1) is 5.82 Å². The van der Waals surface area contributed by atoms with Gasteiger partial charge in [-0.25, -0.2) is 4.39 Å². The third kappa shape index (κ3) is 2.51. The summed E-state index contributed by atoms with van der Waals surface area (Å²) in [5.41, 5.74) is 0.171. The summed E-state index contributed by atoms with van der Waals surface area (Å²) in [5.74, 6) is -0.616. The van der Waals surface area contributed by atoms with E-state index < -0.39 is 5.82 Å². The molecule has 0 unspecified atom stereocenters. The van der Waals surface area contributed by atoms with Crippen LogP contribution in [0.3, 0.4) is 0 Å². The van der Waals surface area contributed by atoms with Crippen molar-refractivity contribution in [2.45, 2.75) is 12.8 Å². The highest BCUT2D eigenvalue weighted by molar-refractivity contribution is 5.96. The predicted molar refractivity (Wildman–Crippen MR) is 50.2 cm³/mol. The van der Waals surface area contributed by atoms with Gasteiger partial charge in [0.1, 0.15) is 5.82 Å². The quantitative estimate of drug-likeness (QED) is 0.511. The maximum absolute atomic E-state index is 13.0. The molecule has 1 aromatic rings. The third-order valence-electron chi connectivity index (χ3n) is 1.75. The number of carbonyl (C=O) groups excluding carboxylic acids is 1. The van der Waals surface area contributed by atoms with E-state index >= 15 is 0 Å². The molecule has 0 aliphatic rings. The van der Waals surface area contributed by atoms with Gasteiger partial charge in [-0.1, -0.05) is 18.2 Å². The van der Waals surface area contributed by atoms with Gasteiger partial charge in [0, 0.05) is 6.42 Å². The molecule has 0 radical (unpaired) electrons. The zero-order valence-corrected chi connectivity index (χ0v) is 7.29. The third-order valence-corrected chi connectivity index (χ3v) is 1.75. The summed E-state index contributed by atoms with van der Waals surface area (Å²) in [6, 6.07) is 6.02. The summed E-state index contributed by atoms with van der Waals surface area (Å²) >= 11 is 0. The van der Waals surface area contributed by atoms with Crippen LogP contribution in [-0.2, 0) is 0 Å². The first-order valence-electron chi connectivity index (χ1n) is 4.14. The van der Waals surface area contributed by atoms with Crippen molar-refractivity contribution in [1.29, 1.82) is 0 Å². The lowest BCUT2D eigenvalue weighted by atomic mass is 10.1. The first-order valence-corrected chi connectivity index (χ1v) is 4.14. The Labute approximate surface area is 76.9 Å². The first-order chi connectivity index (χ1) is 6.25. The van der Waals surface area contributed by atoms with E-state index in [2.05, 4.69) is 6.58 Å². The highest BCUT2D eigenvalue weighted by Gasteiger charge is 2.08. The topological polar surface area (TPSA) is 17.1 Å². The number of carbonyl (C=O) groups is 1. The molecule has 0 aliphatic heterocycles. The smallest absolute Gasteiger partial charge is 0.166 e. The van der Waals surface area contributed by atoms with Crippen LogP contribution < -0.4 is 0 Å². The van der Waals surface area contributed by atoms with Gasteiger partial charge in [0.2, 0.25) is 0 Å². The maximum atomic E-state index is 13.0. The molecule has 0 saturated carbocycles. The molecule has 13 heavy (non-hydrogen) atoms. The SMILES string of the molecule is C=CCCC(=O)c1ccccc1F. The van der Waals surface area contributed by atoms with Gasteiger partial charge in [0.05, 0.1) is 5.56 Å². The Kier molecular flexibility index (Phi) is 3.38. The van der Waals surface area contributed by atoms with Gasteiger partial charge in [0.15, 0.2) is 5.78 Å². The minimum atomic E-state index is -0.448. The van der Waals surface area contributed by atoms with Gasteiger partial charge < -0.3 is 0 Å². The molecule has 0 amide bonds. The molecular formula is C11H11FO. The number of ketones is 1. The lowest BCUT2D eigenvalue weighted by Gasteiger charge is -1.99. The zero-order chi connectivity index (χ0) is 9.68. The normalized spacial score (nSPS) is 9.62. The van der Waals surface area contributed by atoms with E-state index in [4.69, 9.17) is 0 Å². The summed E-state index contributed by atoms with van der Waals surface area (Å²) < 4.78 is 13.0. The molecule has 1 nitrogen and oxygen atoms in total. The zero-order valence-electron chi connectivity index (χ0n) is 7.29. The standard InChI is InChI=1S/C11H11FO/c1-2-3-8-11(13)9-6-4-5-7-10(9)12/h2,4-7H,1,3,8H2. The molecule has 0 heterocycles. The Bertz CT molecular complexity index is 318. The largest absolute Gasteiger partial charge is 0.294 e. The average Bonchev–Trinajstić information content (AvgIpc) is 2.15. The fourth-order valence-electron chi connectivity index (χ4n) is 1.06. The number of hydrogen-bond donors (Lipinski definition) is 0. The van der Waals surface area contributed by atoms with Crippen molar-refractivity contribution in [3.63, 3.8) is 0 Å². The van der Waals surface area contributed by atoms with E-state index in [9.17, 15) is 9.18 Å². The van der Waals surface area contributed by atoms with Crippen LogP contribution in [-0.4, -0.2) is 5.78 Å². The highest BCUT2D eigenvalue weighted by atomic mass is 19.1. The van der Waals surface area contributed by atoms with Gasteiger partial charge in [0.25, 0.3) is 0 Å². The Hall–Kier alpha value is -1.44. The maximum Gasteiger partial charge on any atom is 0.166 e. The van der Waals surface area contributed by atoms with Gasteiger partial charge in [-0.2, -0.15) is 0 Å². The van der Waals surface area contributed by atoms with Crippen LogP contribution in [0.15, 0.2) is 36.9 Å². The number of halogens is 1. The van der Waals surface area contributed by atoms with Crippen molar-refractivity contribution in [2.24, 2.45) is 0 Å². The molecule has 0 N–H and O–H groups in total. The van der Waals surface area contributed by atoms with Gasteiger partial charge in [-0.3, -0.25) is 4.79 Å². The Morgan fingerprint density at radius 3 is 2.77 bits per heavy atom. The average molecular weight is 178 g/mol. The Morgan fingerprint density at radius 1 is 1.46 bits per heavy atom. The first kappa shape index (κ1) is 9.65. The predicted octanol–water partition coefficient (Wildman–Crippen LogP) is 2.97. The fourth-order valence-corrected chi connectivity index (χ4v) is 1.06. The Balaban J connectivity index is 2.76. The molecule has 1 rings (SSSR count). The van der Waals surface area contributed by atoms with Gasteiger partial charge in [-0.05, 0) is 18.6 Å². The molecule has 68 valence electrons. The van der Waals surface area contributed by atoms with Gasteiger partial charge in [-0.15, -0.1) is 6.58 Å². The Morgan fingerprint density at radius 2 is 2.15 bits per heavy atom. The lowest BCUT2D eigenvalue weighted by molar-refractivity contribution is 0.0980. The van der Waals surface area contributed by atoms with E-state index in [1.165, 1.54) is 12.1 Å². The van der Waals surface area contributed by atoms with Crippen molar-refractivity contribution < 1.29 is 9.18 Å². The minimum absolute atomic E-state index is 0.169. The van der Waals surface area contributed by atoms with Gasteiger partial charge >= 0.3 is 0 Å². The van der Waals surface area contributed by atoms with E-state index in [0.717, 1.165) is 0 Å². The fraction of sp³-hybridized carbons (Fsp3) is 0.182. The van der Waals surface area contributed by atoms with Crippen LogP contribution in [0.4, 0.5) is 4.39 Å². The van der Waals surface area contributed by atoms with E-state index in [-0.39, 0.29) is 11.3 Å². The molecule has 2 heteroatoms. The molecule has 0 fully saturated rings.